The Labute approximate surface area is 179 Å². The van der Waals surface area contributed by atoms with E-state index < -0.39 is 0 Å². The molecule has 1 amide bonds. The first kappa shape index (κ1) is 20.5. The molecule has 9 heteroatoms. The molecule has 0 aliphatic heterocycles. The summed E-state index contributed by atoms with van der Waals surface area (Å²) in [5.41, 5.74) is 1.50. The fourth-order valence-corrected chi connectivity index (χ4v) is 4.73. The van der Waals surface area contributed by atoms with Gasteiger partial charge in [0.25, 0.3) is 5.56 Å². The molecule has 3 aromatic rings. The molecule has 30 heavy (non-hydrogen) atoms. The molecule has 8 nitrogen and oxygen atoms in total. The van der Waals surface area contributed by atoms with E-state index in [1.54, 1.807) is 16.4 Å². The molecule has 2 aromatic heterocycles. The van der Waals surface area contributed by atoms with Crippen LogP contribution in [-0.2, 0) is 18.9 Å². The number of aromatic nitrogens is 5. The molecular formula is C21H26N6O2S. The number of nitrogens with zero attached hydrogens (tertiary/aromatic N) is 5. The Morgan fingerprint density at radius 2 is 1.87 bits per heavy atom. The second kappa shape index (κ2) is 8.51. The van der Waals surface area contributed by atoms with Crippen molar-refractivity contribution in [3.63, 3.8) is 0 Å². The number of amides is 1. The van der Waals surface area contributed by atoms with Gasteiger partial charge in [-0.2, -0.15) is 0 Å². The average molecular weight is 427 g/mol. The zero-order valence-corrected chi connectivity index (χ0v) is 18.3. The van der Waals surface area contributed by atoms with E-state index in [1.807, 2.05) is 48.9 Å². The van der Waals surface area contributed by atoms with Gasteiger partial charge in [0.1, 0.15) is 11.5 Å². The normalized spacial score (nSPS) is 14.4. The Morgan fingerprint density at radius 1 is 1.17 bits per heavy atom. The van der Waals surface area contributed by atoms with Gasteiger partial charge in [-0.05, 0) is 31.9 Å². The molecule has 0 bridgehead atoms. The quantitative estimate of drug-likeness (QED) is 0.613. The zero-order chi connectivity index (χ0) is 21.3. The average Bonchev–Trinajstić information content (AvgIpc) is 3.44. The maximum absolute atomic E-state index is 12.9. The van der Waals surface area contributed by atoms with Gasteiger partial charge in [0.2, 0.25) is 5.91 Å². The van der Waals surface area contributed by atoms with Crippen LogP contribution < -0.4 is 10.9 Å². The molecule has 1 fully saturated rings. The number of hydrogen-bond donors (Lipinski definition) is 1. The number of para-hydroxylation sites is 1. The molecule has 1 aromatic carbocycles. The first-order valence-electron chi connectivity index (χ1n) is 10.1. The number of rotatable bonds is 6. The van der Waals surface area contributed by atoms with Gasteiger partial charge in [-0.3, -0.25) is 14.3 Å². The second-order valence-corrected chi connectivity index (χ2v) is 8.60. The SMILES string of the molecule is Cc1c(NC(=O)CSc2nnc(C3CCCC3)n2C)c(=O)n(-c2ccccc2)n1C. The third-order valence-corrected chi connectivity index (χ3v) is 6.76. The van der Waals surface area contributed by atoms with Gasteiger partial charge in [-0.1, -0.05) is 42.8 Å². The summed E-state index contributed by atoms with van der Waals surface area (Å²) in [7, 11) is 3.76. The van der Waals surface area contributed by atoms with Gasteiger partial charge in [-0.15, -0.1) is 10.2 Å². The van der Waals surface area contributed by atoms with Gasteiger partial charge in [0.05, 0.1) is 17.1 Å². The summed E-state index contributed by atoms with van der Waals surface area (Å²) in [6.45, 7) is 1.82. The monoisotopic (exact) mass is 426 g/mol. The van der Waals surface area contributed by atoms with Crippen molar-refractivity contribution in [2.24, 2.45) is 14.1 Å². The van der Waals surface area contributed by atoms with Crippen molar-refractivity contribution in [2.75, 3.05) is 11.1 Å². The van der Waals surface area contributed by atoms with E-state index in [-0.39, 0.29) is 17.2 Å². The second-order valence-electron chi connectivity index (χ2n) is 7.65. The van der Waals surface area contributed by atoms with Crippen LogP contribution in [0.1, 0.15) is 43.1 Å². The van der Waals surface area contributed by atoms with E-state index in [0.29, 0.717) is 17.3 Å². The van der Waals surface area contributed by atoms with Gasteiger partial charge < -0.3 is 9.88 Å². The number of carbonyl (C=O) groups excluding carboxylic acids is 1. The predicted molar refractivity (Wildman–Crippen MR) is 117 cm³/mol. The van der Waals surface area contributed by atoms with Crippen molar-refractivity contribution < 1.29 is 4.79 Å². The minimum Gasteiger partial charge on any atom is -0.319 e. The van der Waals surface area contributed by atoms with E-state index in [0.717, 1.165) is 29.5 Å². The molecule has 1 aliphatic rings. The number of nitrogens with one attached hydrogen (secondary N) is 1. The lowest BCUT2D eigenvalue weighted by molar-refractivity contribution is -0.113. The lowest BCUT2D eigenvalue weighted by Crippen LogP contribution is -2.23. The fourth-order valence-electron chi connectivity index (χ4n) is 4.01. The molecule has 0 atom stereocenters. The fraction of sp³-hybridized carbons (Fsp3) is 0.429. The van der Waals surface area contributed by atoms with Crippen molar-refractivity contribution in [2.45, 2.75) is 43.7 Å². The van der Waals surface area contributed by atoms with Gasteiger partial charge in [0, 0.05) is 20.0 Å². The number of hydrogen-bond acceptors (Lipinski definition) is 5. The van der Waals surface area contributed by atoms with Crippen LogP contribution >= 0.6 is 11.8 Å². The summed E-state index contributed by atoms with van der Waals surface area (Å²) in [5, 5.41) is 12.1. The Morgan fingerprint density at radius 3 is 2.57 bits per heavy atom. The third-order valence-electron chi connectivity index (χ3n) is 5.74. The minimum atomic E-state index is -0.248. The summed E-state index contributed by atoms with van der Waals surface area (Å²) < 4.78 is 5.29. The highest BCUT2D eigenvalue weighted by Gasteiger charge is 2.24. The lowest BCUT2D eigenvalue weighted by Gasteiger charge is -2.08. The Balaban J connectivity index is 1.46. The molecular weight excluding hydrogens is 400 g/mol. The van der Waals surface area contributed by atoms with Crippen LogP contribution in [0, 0.1) is 6.92 Å². The molecule has 4 rings (SSSR count). The summed E-state index contributed by atoms with van der Waals surface area (Å²) in [6, 6.07) is 9.37. The van der Waals surface area contributed by atoms with E-state index in [4.69, 9.17) is 0 Å². The Bertz CT molecular complexity index is 1110. The van der Waals surface area contributed by atoms with Crippen LogP contribution in [0.25, 0.3) is 5.69 Å². The van der Waals surface area contributed by atoms with Crippen molar-refractivity contribution in [3.8, 4) is 5.69 Å². The highest BCUT2D eigenvalue weighted by Crippen LogP contribution is 2.33. The first-order valence-corrected chi connectivity index (χ1v) is 11.1. The summed E-state index contributed by atoms with van der Waals surface area (Å²) in [6.07, 6.45) is 4.77. The number of benzene rings is 1. The number of anilines is 1. The molecule has 2 heterocycles. The van der Waals surface area contributed by atoms with Crippen LogP contribution in [-0.4, -0.2) is 35.8 Å². The molecule has 1 aliphatic carbocycles. The molecule has 0 saturated heterocycles. The minimum absolute atomic E-state index is 0.162. The van der Waals surface area contributed by atoms with Crippen LogP contribution in [0.5, 0.6) is 0 Å². The van der Waals surface area contributed by atoms with E-state index in [9.17, 15) is 9.59 Å². The highest BCUT2D eigenvalue weighted by atomic mass is 32.2. The van der Waals surface area contributed by atoms with E-state index in [2.05, 4.69) is 15.5 Å². The van der Waals surface area contributed by atoms with Gasteiger partial charge in [0.15, 0.2) is 5.16 Å². The van der Waals surface area contributed by atoms with Crippen LogP contribution in [0.4, 0.5) is 5.69 Å². The maximum Gasteiger partial charge on any atom is 0.295 e. The molecule has 0 spiro atoms. The summed E-state index contributed by atoms with van der Waals surface area (Å²) in [5.74, 6) is 1.39. The van der Waals surface area contributed by atoms with E-state index >= 15 is 0 Å². The largest absolute Gasteiger partial charge is 0.319 e. The molecule has 1 saturated carbocycles. The maximum atomic E-state index is 12.9. The molecule has 0 radical (unpaired) electrons. The molecule has 0 unspecified atom stereocenters. The van der Waals surface area contributed by atoms with Crippen molar-refractivity contribution in [1.82, 2.24) is 24.1 Å². The standard InChI is InChI=1S/C21H26N6O2S/c1-14-18(20(29)27(26(14)3)16-11-5-4-6-12-16)22-17(28)13-30-21-24-23-19(25(21)2)15-9-7-8-10-15/h4-6,11-12,15H,7-10,13H2,1-3H3,(H,22,28). The molecule has 158 valence electrons. The molecule has 1 N–H and O–H groups in total. The summed E-state index contributed by atoms with van der Waals surface area (Å²) in [4.78, 5) is 25.5. The Kier molecular flexibility index (Phi) is 5.80. The van der Waals surface area contributed by atoms with Crippen LogP contribution in [0.2, 0.25) is 0 Å². The summed E-state index contributed by atoms with van der Waals surface area (Å²) >= 11 is 1.33. The van der Waals surface area contributed by atoms with Gasteiger partial charge in [-0.25, -0.2) is 4.68 Å². The predicted octanol–water partition coefficient (Wildman–Crippen LogP) is 3.00. The number of thioether (sulfide) groups is 1. The lowest BCUT2D eigenvalue weighted by atomic mass is 10.1. The zero-order valence-electron chi connectivity index (χ0n) is 17.5. The smallest absolute Gasteiger partial charge is 0.295 e. The van der Waals surface area contributed by atoms with Crippen molar-refractivity contribution in [1.29, 1.82) is 0 Å². The van der Waals surface area contributed by atoms with Crippen LogP contribution in [0.3, 0.4) is 0 Å². The third kappa shape index (κ3) is 3.81. The van der Waals surface area contributed by atoms with E-state index in [1.165, 1.54) is 24.6 Å². The van der Waals surface area contributed by atoms with Gasteiger partial charge >= 0.3 is 0 Å². The topological polar surface area (TPSA) is 86.7 Å². The van der Waals surface area contributed by atoms with Crippen LogP contribution in [0.15, 0.2) is 40.3 Å². The first-order chi connectivity index (χ1) is 14.5. The van der Waals surface area contributed by atoms with Crippen molar-refractivity contribution in [3.05, 3.63) is 52.2 Å². The van der Waals surface area contributed by atoms with Crippen molar-refractivity contribution >= 4 is 23.4 Å². The number of carbonyl (C=O) groups is 1. The Hall–Kier alpha value is -2.81. The highest BCUT2D eigenvalue weighted by molar-refractivity contribution is 7.99.